The number of hydrogen-bond acceptors (Lipinski definition) is 4. The SMILES string of the molecule is N#CCN1CC(NCC2CCC2)CC(c2cccs2)C1. The first kappa shape index (κ1) is 14.1. The van der Waals surface area contributed by atoms with Crippen molar-refractivity contribution >= 4 is 11.3 Å². The minimum absolute atomic E-state index is 0.546. The van der Waals surface area contributed by atoms with Gasteiger partial charge in [-0.25, -0.2) is 0 Å². The first-order valence-corrected chi connectivity index (χ1v) is 8.59. The van der Waals surface area contributed by atoms with Crippen LogP contribution in [0.1, 0.15) is 36.5 Å². The van der Waals surface area contributed by atoms with Crippen molar-refractivity contribution in [2.24, 2.45) is 5.92 Å². The summed E-state index contributed by atoms with van der Waals surface area (Å²) in [6.45, 7) is 3.80. The number of hydrogen-bond donors (Lipinski definition) is 1. The molecule has 3 nitrogen and oxygen atoms in total. The van der Waals surface area contributed by atoms with Gasteiger partial charge in [0.05, 0.1) is 12.6 Å². The maximum atomic E-state index is 8.98. The average Bonchev–Trinajstić information content (AvgIpc) is 2.91. The van der Waals surface area contributed by atoms with Crippen LogP contribution in [-0.2, 0) is 0 Å². The molecule has 2 aliphatic rings. The Bertz CT molecular complexity index is 447. The molecule has 1 aliphatic heterocycles. The van der Waals surface area contributed by atoms with E-state index < -0.39 is 0 Å². The molecule has 1 saturated carbocycles. The third kappa shape index (κ3) is 3.41. The Morgan fingerprint density at radius 3 is 2.95 bits per heavy atom. The Morgan fingerprint density at radius 2 is 2.30 bits per heavy atom. The molecule has 0 bridgehead atoms. The van der Waals surface area contributed by atoms with E-state index in [-0.39, 0.29) is 0 Å². The second kappa shape index (κ2) is 6.71. The van der Waals surface area contributed by atoms with Crippen molar-refractivity contribution in [2.75, 3.05) is 26.2 Å². The molecule has 1 aromatic heterocycles. The molecule has 1 aromatic rings. The Kier molecular flexibility index (Phi) is 4.72. The van der Waals surface area contributed by atoms with E-state index in [1.807, 2.05) is 11.3 Å². The molecule has 2 atom stereocenters. The van der Waals surface area contributed by atoms with E-state index in [0.29, 0.717) is 18.5 Å². The Morgan fingerprint density at radius 1 is 1.40 bits per heavy atom. The highest BCUT2D eigenvalue weighted by molar-refractivity contribution is 7.10. The Balaban J connectivity index is 1.59. The fraction of sp³-hybridized carbons (Fsp3) is 0.688. The maximum absolute atomic E-state index is 8.98. The van der Waals surface area contributed by atoms with Crippen LogP contribution in [0.15, 0.2) is 17.5 Å². The van der Waals surface area contributed by atoms with Crippen LogP contribution < -0.4 is 5.32 Å². The normalized spacial score (nSPS) is 27.9. The molecule has 0 spiro atoms. The van der Waals surface area contributed by atoms with Crippen LogP contribution in [-0.4, -0.2) is 37.1 Å². The molecule has 108 valence electrons. The number of nitriles is 1. The van der Waals surface area contributed by atoms with Crippen molar-refractivity contribution in [1.29, 1.82) is 5.26 Å². The van der Waals surface area contributed by atoms with Gasteiger partial charge in [0.2, 0.25) is 0 Å². The number of nitrogens with one attached hydrogen (secondary N) is 1. The molecule has 1 saturated heterocycles. The van der Waals surface area contributed by atoms with Gasteiger partial charge < -0.3 is 5.32 Å². The van der Waals surface area contributed by atoms with Crippen LogP contribution in [0.25, 0.3) is 0 Å². The molecule has 1 N–H and O–H groups in total. The lowest BCUT2D eigenvalue weighted by atomic mass is 9.85. The van der Waals surface area contributed by atoms with E-state index in [4.69, 9.17) is 5.26 Å². The van der Waals surface area contributed by atoms with E-state index in [0.717, 1.165) is 19.0 Å². The van der Waals surface area contributed by atoms with Gasteiger partial charge in [-0.05, 0) is 43.2 Å². The lowest BCUT2D eigenvalue weighted by Gasteiger charge is -2.38. The first-order valence-electron chi connectivity index (χ1n) is 7.71. The molecule has 1 aliphatic carbocycles. The highest BCUT2D eigenvalue weighted by Crippen LogP contribution is 2.31. The topological polar surface area (TPSA) is 39.1 Å². The summed E-state index contributed by atoms with van der Waals surface area (Å²) in [4.78, 5) is 3.79. The zero-order chi connectivity index (χ0) is 13.8. The summed E-state index contributed by atoms with van der Waals surface area (Å²) in [5, 5.41) is 14.9. The summed E-state index contributed by atoms with van der Waals surface area (Å²) >= 11 is 1.85. The average molecular weight is 289 g/mol. The van der Waals surface area contributed by atoms with Crippen molar-refractivity contribution in [1.82, 2.24) is 10.2 Å². The van der Waals surface area contributed by atoms with Gasteiger partial charge in [-0.2, -0.15) is 5.26 Å². The smallest absolute Gasteiger partial charge is 0.0866 e. The minimum Gasteiger partial charge on any atom is -0.312 e. The summed E-state index contributed by atoms with van der Waals surface area (Å²) < 4.78 is 0. The fourth-order valence-electron chi connectivity index (χ4n) is 3.33. The van der Waals surface area contributed by atoms with Gasteiger partial charge in [0.25, 0.3) is 0 Å². The van der Waals surface area contributed by atoms with Crippen LogP contribution in [0, 0.1) is 17.2 Å². The van der Waals surface area contributed by atoms with E-state index in [2.05, 4.69) is 33.8 Å². The third-order valence-electron chi connectivity index (χ3n) is 4.69. The predicted octanol–water partition coefficient (Wildman–Crippen LogP) is 2.82. The van der Waals surface area contributed by atoms with Gasteiger partial charge in [-0.15, -0.1) is 11.3 Å². The van der Waals surface area contributed by atoms with Crippen LogP contribution in [0.4, 0.5) is 0 Å². The molecule has 20 heavy (non-hydrogen) atoms. The van der Waals surface area contributed by atoms with Crippen molar-refractivity contribution in [2.45, 2.75) is 37.6 Å². The van der Waals surface area contributed by atoms with Crippen LogP contribution in [0.5, 0.6) is 0 Å². The van der Waals surface area contributed by atoms with Gasteiger partial charge in [0.1, 0.15) is 0 Å². The van der Waals surface area contributed by atoms with Gasteiger partial charge in [-0.1, -0.05) is 12.5 Å². The minimum atomic E-state index is 0.546. The largest absolute Gasteiger partial charge is 0.312 e. The summed E-state index contributed by atoms with van der Waals surface area (Å²) in [5.74, 6) is 1.50. The van der Waals surface area contributed by atoms with E-state index >= 15 is 0 Å². The van der Waals surface area contributed by atoms with Crippen LogP contribution in [0.2, 0.25) is 0 Å². The van der Waals surface area contributed by atoms with Gasteiger partial charge in [0.15, 0.2) is 0 Å². The van der Waals surface area contributed by atoms with E-state index in [9.17, 15) is 0 Å². The molecule has 2 fully saturated rings. The highest BCUT2D eigenvalue weighted by Gasteiger charge is 2.29. The molecule has 2 unspecified atom stereocenters. The Labute approximate surface area is 125 Å². The molecule has 0 aromatic carbocycles. The van der Waals surface area contributed by atoms with Crippen LogP contribution >= 0.6 is 11.3 Å². The fourth-order valence-corrected chi connectivity index (χ4v) is 4.16. The number of thiophene rings is 1. The quantitative estimate of drug-likeness (QED) is 0.847. The molecule has 3 rings (SSSR count). The van der Waals surface area contributed by atoms with E-state index in [1.165, 1.54) is 37.1 Å². The molecule has 4 heteroatoms. The number of likely N-dealkylation sites (tertiary alicyclic amines) is 1. The van der Waals surface area contributed by atoms with Crippen molar-refractivity contribution < 1.29 is 0 Å². The van der Waals surface area contributed by atoms with E-state index in [1.54, 1.807) is 0 Å². The monoisotopic (exact) mass is 289 g/mol. The standard InChI is InChI=1S/C16H23N3S/c17-6-7-19-11-14(16-5-2-8-20-16)9-15(12-19)18-10-13-3-1-4-13/h2,5,8,13-15,18H,1,3-4,7,9-12H2. The summed E-state index contributed by atoms with van der Waals surface area (Å²) in [7, 11) is 0. The summed E-state index contributed by atoms with van der Waals surface area (Å²) in [5.41, 5.74) is 0. The van der Waals surface area contributed by atoms with Gasteiger partial charge >= 0.3 is 0 Å². The second-order valence-electron chi connectivity index (χ2n) is 6.20. The zero-order valence-corrected chi connectivity index (χ0v) is 12.7. The third-order valence-corrected chi connectivity index (χ3v) is 5.72. The number of nitrogens with zero attached hydrogens (tertiary/aromatic N) is 2. The first-order chi connectivity index (χ1) is 9.85. The molecule has 0 radical (unpaired) electrons. The van der Waals surface area contributed by atoms with Crippen LogP contribution in [0.3, 0.4) is 0 Å². The maximum Gasteiger partial charge on any atom is 0.0866 e. The van der Waals surface area contributed by atoms with Crippen molar-refractivity contribution in [3.05, 3.63) is 22.4 Å². The molecule has 2 heterocycles. The second-order valence-corrected chi connectivity index (χ2v) is 7.18. The van der Waals surface area contributed by atoms with Crippen molar-refractivity contribution in [3.8, 4) is 6.07 Å². The van der Waals surface area contributed by atoms with Gasteiger partial charge in [-0.3, -0.25) is 4.90 Å². The van der Waals surface area contributed by atoms with Crippen molar-refractivity contribution in [3.63, 3.8) is 0 Å². The van der Waals surface area contributed by atoms with Gasteiger partial charge in [0, 0.05) is 29.9 Å². The zero-order valence-electron chi connectivity index (χ0n) is 11.9. The summed E-state index contributed by atoms with van der Waals surface area (Å²) in [6.07, 6.45) is 5.43. The summed E-state index contributed by atoms with van der Waals surface area (Å²) in [6, 6.07) is 7.24. The predicted molar refractivity (Wildman–Crippen MR) is 82.9 cm³/mol. The number of rotatable bonds is 5. The lowest BCUT2D eigenvalue weighted by molar-refractivity contribution is 0.178. The molecular weight excluding hydrogens is 266 g/mol. The molecule has 0 amide bonds. The molecular formula is C16H23N3S. The highest BCUT2D eigenvalue weighted by atomic mass is 32.1. The lowest BCUT2D eigenvalue weighted by Crippen LogP contribution is -2.49. The Hall–Kier alpha value is -0.890. The number of piperidine rings is 1.